The lowest BCUT2D eigenvalue weighted by atomic mass is 10.1. The first-order valence-electron chi connectivity index (χ1n) is 4.48. The largest absolute Gasteiger partial charge is 0.398 e. The molecule has 0 bridgehead atoms. The van der Waals surface area contributed by atoms with Crippen molar-refractivity contribution >= 4 is 28.9 Å². The summed E-state index contributed by atoms with van der Waals surface area (Å²) in [7, 11) is 0. The number of halogens is 2. The van der Waals surface area contributed by atoms with Crippen molar-refractivity contribution in [2.45, 2.75) is 0 Å². The van der Waals surface area contributed by atoms with Crippen molar-refractivity contribution in [2.24, 2.45) is 0 Å². The van der Waals surface area contributed by atoms with Crippen LogP contribution in [0.15, 0.2) is 42.5 Å². The molecule has 0 aliphatic rings. The Hall–Kier alpha value is -1.18. The Labute approximate surface area is 98.4 Å². The smallest absolute Gasteiger partial charge is 0.0635 e. The topological polar surface area (TPSA) is 26.0 Å². The number of anilines is 1. The summed E-state index contributed by atoms with van der Waals surface area (Å²) in [6.07, 6.45) is 0. The lowest BCUT2D eigenvalue weighted by molar-refractivity contribution is 1.61. The zero-order chi connectivity index (χ0) is 10.8. The van der Waals surface area contributed by atoms with Gasteiger partial charge in [-0.2, -0.15) is 0 Å². The number of nitrogen functional groups attached to an aromatic ring is 1. The molecule has 0 amide bonds. The maximum atomic E-state index is 5.85. The first-order chi connectivity index (χ1) is 7.16. The van der Waals surface area contributed by atoms with Crippen LogP contribution in [-0.2, 0) is 0 Å². The lowest BCUT2D eigenvalue weighted by Crippen LogP contribution is -1.87. The Morgan fingerprint density at radius 1 is 0.800 bits per heavy atom. The monoisotopic (exact) mass is 237 g/mol. The molecule has 2 rings (SSSR count). The predicted molar refractivity (Wildman–Crippen MR) is 66.3 cm³/mol. The van der Waals surface area contributed by atoms with E-state index in [1.165, 1.54) is 0 Å². The van der Waals surface area contributed by atoms with Crippen molar-refractivity contribution in [2.75, 3.05) is 5.73 Å². The maximum Gasteiger partial charge on any atom is 0.0635 e. The van der Waals surface area contributed by atoms with Gasteiger partial charge in [-0.25, -0.2) is 0 Å². The van der Waals surface area contributed by atoms with Crippen molar-refractivity contribution in [3.05, 3.63) is 52.5 Å². The molecule has 3 heteroatoms. The molecule has 0 fully saturated rings. The fourth-order valence-corrected chi connectivity index (χ4v) is 1.61. The standard InChI is InChI=1S/C12H9Cl2N/c13-10-4-1-8(2-5-10)9-3-6-11(14)12(15)7-9/h1-7H,15H2. The highest BCUT2D eigenvalue weighted by Crippen LogP contribution is 2.27. The molecular weight excluding hydrogens is 229 g/mol. The molecule has 2 aromatic carbocycles. The van der Waals surface area contributed by atoms with Gasteiger partial charge in [-0.05, 0) is 35.4 Å². The van der Waals surface area contributed by atoms with Gasteiger partial charge in [0.25, 0.3) is 0 Å². The summed E-state index contributed by atoms with van der Waals surface area (Å²) in [5.74, 6) is 0. The van der Waals surface area contributed by atoms with E-state index >= 15 is 0 Å². The van der Waals surface area contributed by atoms with E-state index in [0.717, 1.165) is 16.1 Å². The van der Waals surface area contributed by atoms with Crippen LogP contribution in [0, 0.1) is 0 Å². The fraction of sp³-hybridized carbons (Fsp3) is 0. The van der Waals surface area contributed by atoms with Crippen LogP contribution in [0.4, 0.5) is 5.69 Å². The summed E-state index contributed by atoms with van der Waals surface area (Å²) in [6.45, 7) is 0. The van der Waals surface area contributed by atoms with E-state index in [2.05, 4.69) is 0 Å². The van der Waals surface area contributed by atoms with E-state index in [-0.39, 0.29) is 0 Å². The normalized spacial score (nSPS) is 10.3. The van der Waals surface area contributed by atoms with Gasteiger partial charge in [0.2, 0.25) is 0 Å². The molecule has 0 aromatic heterocycles. The highest BCUT2D eigenvalue weighted by molar-refractivity contribution is 6.33. The Morgan fingerprint density at radius 2 is 1.40 bits per heavy atom. The highest BCUT2D eigenvalue weighted by atomic mass is 35.5. The van der Waals surface area contributed by atoms with Gasteiger partial charge in [-0.1, -0.05) is 41.4 Å². The molecule has 2 N–H and O–H groups in total. The molecule has 0 aliphatic carbocycles. The second-order valence-electron chi connectivity index (χ2n) is 3.24. The van der Waals surface area contributed by atoms with Crippen LogP contribution in [0.5, 0.6) is 0 Å². The Bertz CT molecular complexity index is 477. The van der Waals surface area contributed by atoms with E-state index in [1.807, 2.05) is 36.4 Å². The van der Waals surface area contributed by atoms with E-state index in [9.17, 15) is 0 Å². The van der Waals surface area contributed by atoms with Crippen LogP contribution in [0.1, 0.15) is 0 Å². The number of hydrogen-bond acceptors (Lipinski definition) is 1. The number of rotatable bonds is 1. The van der Waals surface area contributed by atoms with E-state index in [1.54, 1.807) is 6.07 Å². The van der Waals surface area contributed by atoms with Gasteiger partial charge in [0.1, 0.15) is 0 Å². The average Bonchev–Trinajstić information content (AvgIpc) is 2.23. The molecule has 0 unspecified atom stereocenters. The van der Waals surface area contributed by atoms with Crippen molar-refractivity contribution < 1.29 is 0 Å². The summed E-state index contributed by atoms with van der Waals surface area (Å²) in [4.78, 5) is 0. The Morgan fingerprint density at radius 3 is 2.00 bits per heavy atom. The van der Waals surface area contributed by atoms with Crippen LogP contribution < -0.4 is 5.73 Å². The van der Waals surface area contributed by atoms with Crippen molar-refractivity contribution in [1.82, 2.24) is 0 Å². The molecule has 0 saturated heterocycles. The minimum atomic E-state index is 0.577. The third kappa shape index (κ3) is 2.25. The Kier molecular flexibility index (Phi) is 2.85. The van der Waals surface area contributed by atoms with Gasteiger partial charge in [0.05, 0.1) is 10.7 Å². The molecule has 0 aliphatic heterocycles. The average molecular weight is 238 g/mol. The number of benzene rings is 2. The number of nitrogens with two attached hydrogens (primary N) is 1. The molecule has 1 nitrogen and oxygen atoms in total. The van der Waals surface area contributed by atoms with Crippen LogP contribution in [0.25, 0.3) is 11.1 Å². The Balaban J connectivity index is 2.45. The summed E-state index contributed by atoms with van der Waals surface area (Å²) in [6, 6.07) is 13.2. The summed E-state index contributed by atoms with van der Waals surface area (Å²) < 4.78 is 0. The van der Waals surface area contributed by atoms with Crippen LogP contribution in [-0.4, -0.2) is 0 Å². The van der Waals surface area contributed by atoms with Crippen LogP contribution in [0.3, 0.4) is 0 Å². The summed E-state index contributed by atoms with van der Waals surface area (Å²) >= 11 is 11.7. The van der Waals surface area contributed by atoms with Gasteiger partial charge in [0.15, 0.2) is 0 Å². The molecule has 2 aromatic rings. The second-order valence-corrected chi connectivity index (χ2v) is 4.09. The first-order valence-corrected chi connectivity index (χ1v) is 5.23. The fourth-order valence-electron chi connectivity index (χ4n) is 1.37. The first kappa shape index (κ1) is 10.3. The van der Waals surface area contributed by atoms with Crippen LogP contribution in [0.2, 0.25) is 10.0 Å². The molecule has 76 valence electrons. The molecule has 0 atom stereocenters. The molecule has 15 heavy (non-hydrogen) atoms. The third-order valence-electron chi connectivity index (χ3n) is 2.17. The summed E-state index contributed by atoms with van der Waals surface area (Å²) in [5, 5.41) is 1.30. The van der Waals surface area contributed by atoms with Gasteiger partial charge < -0.3 is 5.73 Å². The molecule has 0 radical (unpaired) electrons. The number of hydrogen-bond donors (Lipinski definition) is 1. The van der Waals surface area contributed by atoms with Gasteiger partial charge >= 0.3 is 0 Å². The van der Waals surface area contributed by atoms with Crippen LogP contribution >= 0.6 is 23.2 Å². The molecule has 0 spiro atoms. The van der Waals surface area contributed by atoms with Crippen molar-refractivity contribution in [3.63, 3.8) is 0 Å². The summed E-state index contributed by atoms with van der Waals surface area (Å²) in [5.41, 5.74) is 8.42. The predicted octanol–water partition coefficient (Wildman–Crippen LogP) is 4.24. The molecule has 0 heterocycles. The zero-order valence-electron chi connectivity index (χ0n) is 7.87. The molecule has 0 saturated carbocycles. The SMILES string of the molecule is Nc1cc(-c2ccc(Cl)cc2)ccc1Cl. The van der Waals surface area contributed by atoms with Crippen molar-refractivity contribution in [1.29, 1.82) is 0 Å². The van der Waals surface area contributed by atoms with E-state index in [0.29, 0.717) is 10.7 Å². The van der Waals surface area contributed by atoms with Gasteiger partial charge in [-0.15, -0.1) is 0 Å². The van der Waals surface area contributed by atoms with E-state index < -0.39 is 0 Å². The minimum absolute atomic E-state index is 0.577. The zero-order valence-corrected chi connectivity index (χ0v) is 9.39. The lowest BCUT2D eigenvalue weighted by Gasteiger charge is -2.04. The maximum absolute atomic E-state index is 5.85. The quantitative estimate of drug-likeness (QED) is 0.738. The highest BCUT2D eigenvalue weighted by Gasteiger charge is 2.00. The van der Waals surface area contributed by atoms with Crippen molar-refractivity contribution in [3.8, 4) is 11.1 Å². The second kappa shape index (κ2) is 4.13. The minimum Gasteiger partial charge on any atom is -0.398 e. The third-order valence-corrected chi connectivity index (χ3v) is 2.77. The van der Waals surface area contributed by atoms with Gasteiger partial charge in [-0.3, -0.25) is 0 Å². The molecular formula is C12H9Cl2N. The van der Waals surface area contributed by atoms with E-state index in [4.69, 9.17) is 28.9 Å². The van der Waals surface area contributed by atoms with Gasteiger partial charge in [0, 0.05) is 5.02 Å².